The van der Waals surface area contributed by atoms with Crippen molar-refractivity contribution in [3.8, 4) is 0 Å². The normalized spacial score (nSPS) is 19.5. The second kappa shape index (κ2) is 5.65. The summed E-state index contributed by atoms with van der Waals surface area (Å²) in [4.78, 5) is 32.7. The second-order valence-corrected chi connectivity index (χ2v) is 5.45. The number of nitrogens with one attached hydrogen (secondary N) is 1. The second-order valence-electron chi connectivity index (χ2n) is 5.45. The van der Waals surface area contributed by atoms with Gasteiger partial charge in [0.15, 0.2) is 0 Å². The number of hydrogen-bond donors (Lipinski definition) is 2. The Bertz CT molecular complexity index is 725. The quantitative estimate of drug-likeness (QED) is 0.814. The van der Waals surface area contributed by atoms with Gasteiger partial charge in [0.2, 0.25) is 0 Å². The molecule has 0 bridgehead atoms. The molecule has 1 fully saturated rings. The van der Waals surface area contributed by atoms with Gasteiger partial charge in [0.05, 0.1) is 17.2 Å². The number of rotatable bonds is 1. The third-order valence-electron chi connectivity index (χ3n) is 3.95. The number of nitrogens with two attached hydrogens (primary N) is 1. The zero-order chi connectivity index (χ0) is 14.8. The van der Waals surface area contributed by atoms with Crippen molar-refractivity contribution in [2.45, 2.75) is 25.3 Å². The van der Waals surface area contributed by atoms with E-state index in [1.165, 1.54) is 6.33 Å². The molecule has 1 aromatic carbocycles. The zero-order valence-electron chi connectivity index (χ0n) is 11.7. The average Bonchev–Trinajstić information content (AvgIpc) is 2.71. The largest absolute Gasteiger partial charge is 0.339 e. The molecule has 3 N–H and O–H groups in total. The molecule has 1 aliphatic rings. The Kier molecular flexibility index (Phi) is 3.70. The minimum atomic E-state index is -0.195. The van der Waals surface area contributed by atoms with Crippen molar-refractivity contribution in [3.05, 3.63) is 40.4 Å². The molecule has 2 heterocycles. The van der Waals surface area contributed by atoms with Gasteiger partial charge in [-0.25, -0.2) is 4.98 Å². The SMILES string of the molecule is NC1CCCN(C(=O)c2ccc3c(=O)[nH]cnc3c2)CC1. The van der Waals surface area contributed by atoms with E-state index in [1.807, 2.05) is 4.90 Å². The van der Waals surface area contributed by atoms with Crippen LogP contribution in [0.25, 0.3) is 10.9 Å². The Morgan fingerprint density at radius 3 is 3.05 bits per heavy atom. The van der Waals surface area contributed by atoms with Gasteiger partial charge >= 0.3 is 0 Å². The maximum Gasteiger partial charge on any atom is 0.258 e. The van der Waals surface area contributed by atoms with Crippen LogP contribution in [0.15, 0.2) is 29.3 Å². The molecule has 0 aliphatic carbocycles. The van der Waals surface area contributed by atoms with Gasteiger partial charge < -0.3 is 15.6 Å². The van der Waals surface area contributed by atoms with Crippen LogP contribution in [0.1, 0.15) is 29.6 Å². The third-order valence-corrected chi connectivity index (χ3v) is 3.95. The van der Waals surface area contributed by atoms with Crippen LogP contribution in [0.3, 0.4) is 0 Å². The average molecular weight is 286 g/mol. The van der Waals surface area contributed by atoms with Crippen LogP contribution in [-0.4, -0.2) is 39.9 Å². The Hall–Kier alpha value is -2.21. The van der Waals surface area contributed by atoms with E-state index in [0.29, 0.717) is 23.0 Å². The highest BCUT2D eigenvalue weighted by molar-refractivity contribution is 5.97. The molecule has 1 amide bonds. The van der Waals surface area contributed by atoms with E-state index in [4.69, 9.17) is 5.73 Å². The number of carbonyl (C=O) groups excluding carboxylic acids is 1. The molecule has 1 aromatic heterocycles. The molecule has 1 atom stereocenters. The fourth-order valence-electron chi connectivity index (χ4n) is 2.71. The van der Waals surface area contributed by atoms with E-state index in [0.717, 1.165) is 25.8 Å². The number of nitrogens with zero attached hydrogens (tertiary/aromatic N) is 2. The zero-order valence-corrected chi connectivity index (χ0v) is 11.7. The number of amides is 1. The van der Waals surface area contributed by atoms with Crippen molar-refractivity contribution in [2.75, 3.05) is 13.1 Å². The highest BCUT2D eigenvalue weighted by Gasteiger charge is 2.20. The smallest absolute Gasteiger partial charge is 0.258 e. The molecular formula is C15H18N4O2. The van der Waals surface area contributed by atoms with Crippen molar-refractivity contribution in [1.82, 2.24) is 14.9 Å². The number of aromatic amines is 1. The molecule has 0 spiro atoms. The van der Waals surface area contributed by atoms with Crippen LogP contribution in [0.2, 0.25) is 0 Å². The van der Waals surface area contributed by atoms with Crippen molar-refractivity contribution in [1.29, 1.82) is 0 Å². The van der Waals surface area contributed by atoms with Crippen LogP contribution in [0, 0.1) is 0 Å². The number of likely N-dealkylation sites (tertiary alicyclic amines) is 1. The van der Waals surface area contributed by atoms with Gasteiger partial charge in [0.25, 0.3) is 11.5 Å². The topological polar surface area (TPSA) is 92.1 Å². The molecular weight excluding hydrogens is 268 g/mol. The molecule has 1 unspecified atom stereocenters. The summed E-state index contributed by atoms with van der Waals surface area (Å²) in [6.45, 7) is 1.41. The molecule has 0 saturated carbocycles. The lowest BCUT2D eigenvalue weighted by atomic mass is 10.1. The highest BCUT2D eigenvalue weighted by Crippen LogP contribution is 2.15. The lowest BCUT2D eigenvalue weighted by molar-refractivity contribution is 0.0761. The number of fused-ring (bicyclic) bond motifs is 1. The van der Waals surface area contributed by atoms with Gasteiger partial charge in [-0.15, -0.1) is 0 Å². The van der Waals surface area contributed by atoms with Crippen LogP contribution in [0.4, 0.5) is 0 Å². The predicted octanol–water partition coefficient (Wildman–Crippen LogP) is 0.876. The first-order valence-electron chi connectivity index (χ1n) is 7.17. The summed E-state index contributed by atoms with van der Waals surface area (Å²) in [5.41, 5.74) is 6.85. The molecule has 6 nitrogen and oxygen atoms in total. The summed E-state index contributed by atoms with van der Waals surface area (Å²) in [5.74, 6) is -0.0203. The van der Waals surface area contributed by atoms with E-state index in [9.17, 15) is 9.59 Å². The lowest BCUT2D eigenvalue weighted by Gasteiger charge is -2.20. The minimum Gasteiger partial charge on any atom is -0.339 e. The van der Waals surface area contributed by atoms with Crippen molar-refractivity contribution in [3.63, 3.8) is 0 Å². The summed E-state index contributed by atoms with van der Waals surface area (Å²) in [6, 6.07) is 5.20. The first-order chi connectivity index (χ1) is 10.1. The van der Waals surface area contributed by atoms with E-state index < -0.39 is 0 Å². The van der Waals surface area contributed by atoms with E-state index >= 15 is 0 Å². The Labute approximate surface area is 122 Å². The van der Waals surface area contributed by atoms with E-state index in [1.54, 1.807) is 18.2 Å². The number of H-pyrrole nitrogens is 1. The van der Waals surface area contributed by atoms with Gasteiger partial charge in [-0.3, -0.25) is 9.59 Å². The predicted molar refractivity (Wildman–Crippen MR) is 80.1 cm³/mol. The first kappa shape index (κ1) is 13.8. The van der Waals surface area contributed by atoms with Gasteiger partial charge in [-0.2, -0.15) is 0 Å². The number of aromatic nitrogens is 2. The van der Waals surface area contributed by atoms with Crippen molar-refractivity contribution < 1.29 is 4.79 Å². The van der Waals surface area contributed by atoms with Crippen molar-refractivity contribution >= 4 is 16.8 Å². The van der Waals surface area contributed by atoms with E-state index in [-0.39, 0.29) is 17.5 Å². The number of carbonyl (C=O) groups is 1. The summed E-state index contributed by atoms with van der Waals surface area (Å²) < 4.78 is 0. The van der Waals surface area contributed by atoms with Crippen LogP contribution >= 0.6 is 0 Å². The fraction of sp³-hybridized carbons (Fsp3) is 0.400. The summed E-state index contributed by atoms with van der Waals surface area (Å²) >= 11 is 0. The first-order valence-corrected chi connectivity index (χ1v) is 7.17. The van der Waals surface area contributed by atoms with Gasteiger partial charge in [0, 0.05) is 24.7 Å². The third kappa shape index (κ3) is 2.80. The summed E-state index contributed by atoms with van der Waals surface area (Å²) in [6.07, 6.45) is 4.07. The highest BCUT2D eigenvalue weighted by atomic mass is 16.2. The standard InChI is InChI=1S/C15H18N4O2/c16-11-2-1-6-19(7-5-11)15(21)10-3-4-12-13(8-10)17-9-18-14(12)20/h3-4,8-9,11H,1-2,5-7,16H2,(H,17,18,20). The van der Waals surface area contributed by atoms with Gasteiger partial charge in [0.1, 0.15) is 0 Å². The maximum absolute atomic E-state index is 12.6. The number of benzene rings is 1. The number of hydrogen-bond acceptors (Lipinski definition) is 4. The molecule has 0 radical (unpaired) electrons. The molecule has 21 heavy (non-hydrogen) atoms. The molecule has 3 rings (SSSR count). The summed E-state index contributed by atoms with van der Waals surface area (Å²) in [7, 11) is 0. The summed E-state index contributed by atoms with van der Waals surface area (Å²) in [5, 5.41) is 0.493. The lowest BCUT2D eigenvalue weighted by Crippen LogP contribution is -2.32. The van der Waals surface area contributed by atoms with Crippen LogP contribution < -0.4 is 11.3 Å². The molecule has 1 saturated heterocycles. The Morgan fingerprint density at radius 1 is 1.33 bits per heavy atom. The molecule has 6 heteroatoms. The van der Waals surface area contributed by atoms with Crippen LogP contribution in [0.5, 0.6) is 0 Å². The Balaban J connectivity index is 1.89. The molecule has 2 aromatic rings. The fourth-order valence-corrected chi connectivity index (χ4v) is 2.71. The molecule has 110 valence electrons. The van der Waals surface area contributed by atoms with Gasteiger partial charge in [-0.05, 0) is 37.5 Å². The molecule has 1 aliphatic heterocycles. The minimum absolute atomic E-state index is 0.0203. The van der Waals surface area contributed by atoms with Gasteiger partial charge in [-0.1, -0.05) is 0 Å². The van der Waals surface area contributed by atoms with Crippen molar-refractivity contribution in [2.24, 2.45) is 5.73 Å². The Morgan fingerprint density at radius 2 is 2.19 bits per heavy atom. The van der Waals surface area contributed by atoms with Crippen LogP contribution in [-0.2, 0) is 0 Å². The van der Waals surface area contributed by atoms with E-state index in [2.05, 4.69) is 9.97 Å². The monoisotopic (exact) mass is 286 g/mol. The maximum atomic E-state index is 12.6.